The number of anilines is 1. The quantitative estimate of drug-likeness (QED) is 0.740. The lowest BCUT2D eigenvalue weighted by atomic mass is 10.3. The molecule has 18 heavy (non-hydrogen) atoms. The summed E-state index contributed by atoms with van der Waals surface area (Å²) in [6, 6.07) is 4.80. The second-order valence-corrected chi connectivity index (χ2v) is 5.90. The number of aromatic nitrogens is 1. The van der Waals surface area contributed by atoms with Gasteiger partial charge in [-0.1, -0.05) is 0 Å². The summed E-state index contributed by atoms with van der Waals surface area (Å²) in [5.41, 5.74) is 11.8. The minimum absolute atomic E-state index is 0.0110. The van der Waals surface area contributed by atoms with Gasteiger partial charge in [0.05, 0.1) is 0 Å². The smallest absolute Gasteiger partial charge is 0.232 e. The van der Waals surface area contributed by atoms with E-state index < -0.39 is 27.3 Å². The SMILES string of the molecule is NC(=O)CS(=O)(=O)Cc1nc2ccc(N)cc2o1. The molecular weight excluding hydrogens is 258 g/mol. The number of sulfone groups is 1. The van der Waals surface area contributed by atoms with Gasteiger partial charge in [0.1, 0.15) is 17.0 Å². The Labute approximate surface area is 103 Å². The van der Waals surface area contributed by atoms with Crippen LogP contribution in [-0.2, 0) is 20.4 Å². The molecule has 1 amide bonds. The number of carbonyl (C=O) groups excluding carboxylic acids is 1. The third kappa shape index (κ3) is 2.77. The topological polar surface area (TPSA) is 129 Å². The van der Waals surface area contributed by atoms with E-state index in [9.17, 15) is 13.2 Å². The zero-order valence-electron chi connectivity index (χ0n) is 9.29. The number of fused-ring (bicyclic) bond motifs is 1. The maximum Gasteiger partial charge on any atom is 0.232 e. The molecule has 0 saturated carbocycles. The fraction of sp³-hybridized carbons (Fsp3) is 0.200. The number of hydrogen-bond acceptors (Lipinski definition) is 6. The Bertz CT molecular complexity index is 705. The molecule has 2 rings (SSSR count). The van der Waals surface area contributed by atoms with Crippen molar-refractivity contribution in [3.63, 3.8) is 0 Å². The summed E-state index contributed by atoms with van der Waals surface area (Å²) in [4.78, 5) is 14.6. The molecule has 0 aliphatic rings. The summed E-state index contributed by atoms with van der Waals surface area (Å²) in [6.45, 7) is 0. The van der Waals surface area contributed by atoms with Crippen LogP contribution in [0.5, 0.6) is 0 Å². The largest absolute Gasteiger partial charge is 0.440 e. The summed E-state index contributed by atoms with van der Waals surface area (Å²) in [5.74, 6) is -2.09. The van der Waals surface area contributed by atoms with Crippen LogP contribution in [0.1, 0.15) is 5.89 Å². The lowest BCUT2D eigenvalue weighted by Crippen LogP contribution is -2.24. The summed E-state index contributed by atoms with van der Waals surface area (Å²) in [6.07, 6.45) is 0. The molecule has 0 aliphatic heterocycles. The monoisotopic (exact) mass is 269 g/mol. The first-order chi connectivity index (χ1) is 8.35. The Morgan fingerprint density at radius 1 is 1.39 bits per heavy atom. The van der Waals surface area contributed by atoms with E-state index in [0.29, 0.717) is 16.8 Å². The van der Waals surface area contributed by atoms with Gasteiger partial charge in [0.15, 0.2) is 15.4 Å². The first-order valence-corrected chi connectivity index (χ1v) is 6.81. The van der Waals surface area contributed by atoms with E-state index in [1.807, 2.05) is 0 Å². The normalized spacial score (nSPS) is 11.8. The van der Waals surface area contributed by atoms with Crippen LogP contribution >= 0.6 is 0 Å². The molecule has 0 bridgehead atoms. The van der Waals surface area contributed by atoms with Crippen LogP contribution < -0.4 is 11.5 Å². The van der Waals surface area contributed by atoms with Gasteiger partial charge in [0.2, 0.25) is 11.8 Å². The molecule has 0 fully saturated rings. The minimum atomic E-state index is -3.65. The highest BCUT2D eigenvalue weighted by atomic mass is 32.2. The number of hydrogen-bond donors (Lipinski definition) is 2. The average molecular weight is 269 g/mol. The van der Waals surface area contributed by atoms with Crippen molar-refractivity contribution < 1.29 is 17.6 Å². The second-order valence-electron chi connectivity index (χ2n) is 3.83. The highest BCUT2D eigenvalue weighted by molar-refractivity contribution is 7.91. The third-order valence-corrected chi connectivity index (χ3v) is 3.57. The number of rotatable bonds is 4. The molecule has 7 nitrogen and oxygen atoms in total. The zero-order chi connectivity index (χ0) is 13.3. The molecule has 1 aromatic heterocycles. The number of primary amides is 1. The van der Waals surface area contributed by atoms with Gasteiger partial charge in [0, 0.05) is 11.8 Å². The van der Waals surface area contributed by atoms with Gasteiger partial charge >= 0.3 is 0 Å². The lowest BCUT2D eigenvalue weighted by molar-refractivity contribution is -0.115. The van der Waals surface area contributed by atoms with E-state index in [1.54, 1.807) is 18.2 Å². The van der Waals surface area contributed by atoms with Crippen molar-refractivity contribution in [1.29, 1.82) is 0 Å². The number of nitrogens with two attached hydrogens (primary N) is 2. The zero-order valence-corrected chi connectivity index (χ0v) is 10.1. The fourth-order valence-corrected chi connectivity index (χ4v) is 2.54. The van der Waals surface area contributed by atoms with Crippen molar-refractivity contribution >= 4 is 32.5 Å². The molecule has 1 aromatic carbocycles. The first-order valence-electron chi connectivity index (χ1n) is 4.99. The molecule has 1 heterocycles. The van der Waals surface area contributed by atoms with E-state index in [0.717, 1.165) is 0 Å². The number of benzene rings is 1. The summed E-state index contributed by atoms with van der Waals surface area (Å²) in [5, 5.41) is 0. The van der Waals surface area contributed by atoms with Gasteiger partial charge in [-0.2, -0.15) is 0 Å². The van der Waals surface area contributed by atoms with Crippen molar-refractivity contribution in [3.05, 3.63) is 24.1 Å². The van der Waals surface area contributed by atoms with Crippen LogP contribution in [-0.4, -0.2) is 25.1 Å². The summed E-state index contributed by atoms with van der Waals surface area (Å²) < 4.78 is 28.3. The molecule has 0 aliphatic carbocycles. The first kappa shape index (κ1) is 12.4. The van der Waals surface area contributed by atoms with Crippen LogP contribution in [0, 0.1) is 0 Å². The van der Waals surface area contributed by atoms with Gasteiger partial charge in [-0.25, -0.2) is 13.4 Å². The van der Waals surface area contributed by atoms with Gasteiger partial charge < -0.3 is 15.9 Å². The van der Waals surface area contributed by atoms with E-state index >= 15 is 0 Å². The second kappa shape index (κ2) is 4.30. The lowest BCUT2D eigenvalue weighted by Gasteiger charge is -1.96. The van der Waals surface area contributed by atoms with Crippen LogP contribution in [0.2, 0.25) is 0 Å². The van der Waals surface area contributed by atoms with Crippen molar-refractivity contribution in [2.75, 3.05) is 11.5 Å². The number of carbonyl (C=O) groups is 1. The summed E-state index contributed by atoms with van der Waals surface area (Å²) >= 11 is 0. The molecule has 8 heteroatoms. The molecular formula is C10H11N3O4S. The van der Waals surface area contributed by atoms with Crippen LogP contribution in [0.15, 0.2) is 22.6 Å². The molecule has 96 valence electrons. The maximum atomic E-state index is 11.5. The highest BCUT2D eigenvalue weighted by Crippen LogP contribution is 2.19. The Balaban J connectivity index is 2.30. The number of oxazole rings is 1. The minimum Gasteiger partial charge on any atom is -0.440 e. The fourth-order valence-electron chi connectivity index (χ4n) is 1.51. The number of amides is 1. The molecule has 0 atom stereocenters. The molecule has 4 N–H and O–H groups in total. The third-order valence-electron chi connectivity index (χ3n) is 2.16. The van der Waals surface area contributed by atoms with Gasteiger partial charge in [0.25, 0.3) is 0 Å². The molecule has 0 saturated heterocycles. The predicted octanol–water partition coefficient (Wildman–Crippen LogP) is -0.190. The van der Waals surface area contributed by atoms with Crippen molar-refractivity contribution in [2.45, 2.75) is 5.75 Å². The van der Waals surface area contributed by atoms with E-state index in [1.165, 1.54) is 0 Å². The highest BCUT2D eigenvalue weighted by Gasteiger charge is 2.19. The molecule has 2 aromatic rings. The average Bonchev–Trinajstić information content (AvgIpc) is 2.55. The van der Waals surface area contributed by atoms with Crippen molar-refractivity contribution in [2.24, 2.45) is 5.73 Å². The standard InChI is InChI=1S/C10H11N3O4S/c11-6-1-2-7-8(3-6)17-10(13-7)5-18(15,16)4-9(12)14/h1-3H,4-5,11H2,(H2,12,14). The van der Waals surface area contributed by atoms with Gasteiger partial charge in [-0.15, -0.1) is 0 Å². The van der Waals surface area contributed by atoms with Crippen LogP contribution in [0.25, 0.3) is 11.1 Å². The molecule has 0 radical (unpaired) electrons. The van der Waals surface area contributed by atoms with E-state index in [2.05, 4.69) is 4.98 Å². The van der Waals surface area contributed by atoms with Crippen LogP contribution in [0.3, 0.4) is 0 Å². The van der Waals surface area contributed by atoms with Crippen molar-refractivity contribution in [3.8, 4) is 0 Å². The van der Waals surface area contributed by atoms with Crippen molar-refractivity contribution in [1.82, 2.24) is 4.98 Å². The Morgan fingerprint density at radius 2 is 2.11 bits per heavy atom. The van der Waals surface area contributed by atoms with E-state index in [-0.39, 0.29) is 5.89 Å². The predicted molar refractivity (Wildman–Crippen MR) is 65.1 cm³/mol. The molecule has 0 unspecified atom stereocenters. The molecule has 0 spiro atoms. The van der Waals surface area contributed by atoms with Gasteiger partial charge in [-0.3, -0.25) is 4.79 Å². The Kier molecular flexibility index (Phi) is 2.95. The number of nitrogens with zero attached hydrogens (tertiary/aromatic N) is 1. The summed E-state index contributed by atoms with van der Waals surface area (Å²) in [7, 11) is -3.65. The van der Waals surface area contributed by atoms with Gasteiger partial charge in [-0.05, 0) is 12.1 Å². The Hall–Kier alpha value is -2.09. The van der Waals surface area contributed by atoms with E-state index in [4.69, 9.17) is 15.9 Å². The van der Waals surface area contributed by atoms with Crippen LogP contribution in [0.4, 0.5) is 5.69 Å². The maximum absolute atomic E-state index is 11.5. The Morgan fingerprint density at radius 3 is 2.78 bits per heavy atom. The number of nitrogen functional groups attached to an aromatic ring is 1.